The number of nitrogens with zero attached hydrogens (tertiary/aromatic N) is 3. The molecule has 0 amide bonds. The number of benzene rings is 1. The highest BCUT2D eigenvalue weighted by atomic mass is 32.1. The summed E-state index contributed by atoms with van der Waals surface area (Å²) in [6.45, 7) is 5.21. The van der Waals surface area contributed by atoms with E-state index in [0.29, 0.717) is 4.77 Å². The Labute approximate surface area is 116 Å². The molecule has 100 valence electrons. The van der Waals surface area contributed by atoms with E-state index >= 15 is 0 Å². The fourth-order valence-electron chi connectivity index (χ4n) is 2.26. The summed E-state index contributed by atoms with van der Waals surface area (Å²) < 4.78 is 7.98. The lowest BCUT2D eigenvalue weighted by molar-refractivity contribution is 0.122. The second-order valence-electron chi connectivity index (χ2n) is 4.60. The molecule has 1 aliphatic heterocycles. The highest BCUT2D eigenvalue weighted by Crippen LogP contribution is 2.20. The van der Waals surface area contributed by atoms with Crippen molar-refractivity contribution in [3.05, 3.63) is 34.6 Å². The number of aromatic amines is 1. The van der Waals surface area contributed by atoms with Gasteiger partial charge in [-0.25, -0.2) is 5.10 Å². The normalized spacial score (nSPS) is 15.7. The van der Waals surface area contributed by atoms with Crippen LogP contribution in [0.3, 0.4) is 0 Å². The smallest absolute Gasteiger partial charge is 0.230 e. The predicted molar refractivity (Wildman–Crippen MR) is 76.5 cm³/mol. The number of H-pyrrole nitrogens is 1. The van der Waals surface area contributed by atoms with Crippen molar-refractivity contribution in [2.45, 2.75) is 6.92 Å². The first kappa shape index (κ1) is 12.4. The molecule has 2 heterocycles. The molecule has 2 aromatic rings. The molecule has 0 radical (unpaired) electrons. The molecule has 0 atom stereocenters. The minimum Gasteiger partial charge on any atom is -0.378 e. The second-order valence-corrected chi connectivity index (χ2v) is 4.99. The van der Waals surface area contributed by atoms with Crippen LogP contribution < -0.4 is 4.90 Å². The van der Waals surface area contributed by atoms with Crippen molar-refractivity contribution in [2.24, 2.45) is 0 Å². The van der Waals surface area contributed by atoms with Crippen molar-refractivity contribution in [1.82, 2.24) is 14.8 Å². The van der Waals surface area contributed by atoms with Crippen LogP contribution in [0, 0.1) is 11.7 Å². The molecular formula is C13H16N4OS. The van der Waals surface area contributed by atoms with Crippen LogP contribution in [0.4, 0.5) is 5.95 Å². The molecule has 1 N–H and O–H groups in total. The van der Waals surface area contributed by atoms with Gasteiger partial charge in [-0.2, -0.15) is 0 Å². The summed E-state index contributed by atoms with van der Waals surface area (Å²) in [5, 5.41) is 7.25. The number of anilines is 1. The Morgan fingerprint density at radius 3 is 2.84 bits per heavy atom. The van der Waals surface area contributed by atoms with E-state index in [-0.39, 0.29) is 0 Å². The summed E-state index contributed by atoms with van der Waals surface area (Å²) in [5.74, 6) is 0.860. The first-order chi connectivity index (χ1) is 9.25. The maximum atomic E-state index is 5.38. The summed E-state index contributed by atoms with van der Waals surface area (Å²) in [5.41, 5.74) is 2.24. The SMILES string of the molecule is Cc1cccc(-n2c(N3CCOCC3)n[nH]c2=S)c1. The predicted octanol–water partition coefficient (Wildman–Crippen LogP) is 2.07. The van der Waals surface area contributed by atoms with Crippen molar-refractivity contribution in [3.8, 4) is 5.69 Å². The summed E-state index contributed by atoms with van der Waals surface area (Å²) in [6, 6.07) is 8.25. The van der Waals surface area contributed by atoms with E-state index in [1.165, 1.54) is 5.56 Å². The summed E-state index contributed by atoms with van der Waals surface area (Å²) in [6.07, 6.45) is 0. The lowest BCUT2D eigenvalue weighted by Crippen LogP contribution is -2.37. The van der Waals surface area contributed by atoms with Gasteiger partial charge in [-0.1, -0.05) is 12.1 Å². The van der Waals surface area contributed by atoms with E-state index in [0.717, 1.165) is 37.9 Å². The van der Waals surface area contributed by atoms with Crippen LogP contribution in [0.25, 0.3) is 5.69 Å². The van der Waals surface area contributed by atoms with E-state index < -0.39 is 0 Å². The Morgan fingerprint density at radius 1 is 1.32 bits per heavy atom. The largest absolute Gasteiger partial charge is 0.378 e. The Hall–Kier alpha value is -1.66. The molecule has 0 unspecified atom stereocenters. The fourth-order valence-corrected chi connectivity index (χ4v) is 2.50. The topological polar surface area (TPSA) is 46.1 Å². The van der Waals surface area contributed by atoms with Gasteiger partial charge in [-0.15, -0.1) is 5.10 Å². The molecule has 1 aromatic carbocycles. The average molecular weight is 276 g/mol. The Morgan fingerprint density at radius 2 is 2.11 bits per heavy atom. The molecule has 0 bridgehead atoms. The van der Waals surface area contributed by atoms with Crippen molar-refractivity contribution in [2.75, 3.05) is 31.2 Å². The number of hydrogen-bond donors (Lipinski definition) is 1. The molecular weight excluding hydrogens is 260 g/mol. The van der Waals surface area contributed by atoms with Crippen molar-refractivity contribution in [3.63, 3.8) is 0 Å². The monoisotopic (exact) mass is 276 g/mol. The van der Waals surface area contributed by atoms with Gasteiger partial charge in [0.1, 0.15) is 0 Å². The highest BCUT2D eigenvalue weighted by molar-refractivity contribution is 7.71. The van der Waals surface area contributed by atoms with E-state index in [9.17, 15) is 0 Å². The molecule has 0 spiro atoms. The standard InChI is InChI=1S/C13H16N4OS/c1-10-3-2-4-11(9-10)17-12(14-15-13(17)19)16-5-7-18-8-6-16/h2-4,9H,5-8H2,1H3,(H,15,19). The second kappa shape index (κ2) is 5.14. The van der Waals surface area contributed by atoms with Crippen LogP contribution in [0.2, 0.25) is 0 Å². The number of rotatable bonds is 2. The van der Waals surface area contributed by atoms with E-state index in [4.69, 9.17) is 17.0 Å². The van der Waals surface area contributed by atoms with Gasteiger partial charge in [0.25, 0.3) is 0 Å². The van der Waals surface area contributed by atoms with Gasteiger partial charge < -0.3 is 9.64 Å². The minimum atomic E-state index is 0.618. The van der Waals surface area contributed by atoms with E-state index in [1.807, 2.05) is 16.7 Å². The molecule has 0 aliphatic carbocycles. The number of aromatic nitrogens is 3. The van der Waals surface area contributed by atoms with Gasteiger partial charge in [0.05, 0.1) is 18.9 Å². The molecule has 1 fully saturated rings. The third kappa shape index (κ3) is 2.41. The van der Waals surface area contributed by atoms with Gasteiger partial charge in [-0.3, -0.25) is 4.57 Å². The van der Waals surface area contributed by atoms with Crippen molar-refractivity contribution < 1.29 is 4.74 Å². The van der Waals surface area contributed by atoms with Gasteiger partial charge in [0.2, 0.25) is 10.7 Å². The Kier molecular flexibility index (Phi) is 3.35. The van der Waals surface area contributed by atoms with Crippen molar-refractivity contribution >= 4 is 18.2 Å². The lowest BCUT2D eigenvalue weighted by Gasteiger charge is -2.27. The first-order valence-electron chi connectivity index (χ1n) is 6.33. The van der Waals surface area contributed by atoms with Crippen LogP contribution in [0.15, 0.2) is 24.3 Å². The minimum absolute atomic E-state index is 0.618. The summed E-state index contributed by atoms with van der Waals surface area (Å²) in [4.78, 5) is 2.19. The van der Waals surface area contributed by atoms with Gasteiger partial charge in [-0.05, 0) is 36.8 Å². The number of nitrogens with one attached hydrogen (secondary N) is 1. The zero-order chi connectivity index (χ0) is 13.2. The highest BCUT2D eigenvalue weighted by Gasteiger charge is 2.18. The molecule has 19 heavy (non-hydrogen) atoms. The van der Waals surface area contributed by atoms with E-state index in [1.54, 1.807) is 0 Å². The summed E-state index contributed by atoms with van der Waals surface area (Å²) in [7, 11) is 0. The van der Waals surface area contributed by atoms with Crippen molar-refractivity contribution in [1.29, 1.82) is 0 Å². The van der Waals surface area contributed by atoms with Gasteiger partial charge in [0.15, 0.2) is 0 Å². The third-order valence-corrected chi connectivity index (χ3v) is 3.48. The maximum Gasteiger partial charge on any atom is 0.230 e. The lowest BCUT2D eigenvalue weighted by atomic mass is 10.2. The van der Waals surface area contributed by atoms with E-state index in [2.05, 4.69) is 34.2 Å². The molecule has 6 heteroatoms. The van der Waals surface area contributed by atoms with Gasteiger partial charge in [0, 0.05) is 13.1 Å². The summed E-state index contributed by atoms with van der Waals surface area (Å²) >= 11 is 5.35. The Balaban J connectivity index is 2.05. The van der Waals surface area contributed by atoms with Crippen LogP contribution in [0.1, 0.15) is 5.56 Å². The molecule has 1 aliphatic rings. The fraction of sp³-hybridized carbons (Fsp3) is 0.385. The zero-order valence-electron chi connectivity index (χ0n) is 10.8. The number of aryl methyl sites for hydroxylation is 1. The number of hydrogen-bond acceptors (Lipinski definition) is 4. The number of morpholine rings is 1. The van der Waals surface area contributed by atoms with Crippen LogP contribution in [0.5, 0.6) is 0 Å². The average Bonchev–Trinajstić information content (AvgIpc) is 2.82. The quantitative estimate of drug-likeness (QED) is 0.853. The molecule has 1 aromatic heterocycles. The Bertz CT molecular complexity index is 628. The molecule has 1 saturated heterocycles. The molecule has 5 nitrogen and oxygen atoms in total. The van der Waals surface area contributed by atoms with Gasteiger partial charge >= 0.3 is 0 Å². The molecule has 0 saturated carbocycles. The van der Waals surface area contributed by atoms with Crippen LogP contribution >= 0.6 is 12.2 Å². The number of ether oxygens (including phenoxy) is 1. The molecule has 3 rings (SSSR count). The third-order valence-electron chi connectivity index (χ3n) is 3.21. The zero-order valence-corrected chi connectivity index (χ0v) is 11.6. The van der Waals surface area contributed by atoms with Crippen LogP contribution in [-0.4, -0.2) is 41.1 Å². The first-order valence-corrected chi connectivity index (χ1v) is 6.74. The maximum absolute atomic E-state index is 5.38. The van der Waals surface area contributed by atoms with Crippen LogP contribution in [-0.2, 0) is 4.74 Å².